The van der Waals surface area contributed by atoms with Crippen molar-refractivity contribution in [2.24, 2.45) is 0 Å². The molecule has 48 heavy (non-hydrogen) atoms. The van der Waals surface area contributed by atoms with Crippen molar-refractivity contribution in [3.8, 4) is 11.1 Å². The second kappa shape index (κ2) is 15.3. The van der Waals surface area contributed by atoms with Gasteiger partial charge in [0.2, 0.25) is 0 Å². The summed E-state index contributed by atoms with van der Waals surface area (Å²) >= 11 is 1.51. The van der Waals surface area contributed by atoms with Gasteiger partial charge in [0.1, 0.15) is 0 Å². The SMILES string of the molecule is CC(C)(C)c1cc[cH-]c1.CC1=C[CH-]C(C)(C)c2cc3c(cc21)-c1cc2c(cc1C3)C(C)(C)CC=C2C.C[C](=[Zr+2])c1ccc(C)cc1.[Cl-].[Cl-]. The minimum atomic E-state index is 0. The van der Waals surface area contributed by atoms with Crippen LogP contribution in [0.3, 0.4) is 0 Å². The molecule has 0 radical (unpaired) electrons. The van der Waals surface area contributed by atoms with E-state index in [9.17, 15) is 0 Å². The van der Waals surface area contributed by atoms with Gasteiger partial charge < -0.3 is 24.8 Å². The Hall–Kier alpha value is -2.31. The third-order valence-electron chi connectivity index (χ3n) is 10.1. The molecule has 0 nitrogen and oxygen atoms in total. The van der Waals surface area contributed by atoms with Gasteiger partial charge in [-0.05, 0) is 70.2 Å². The van der Waals surface area contributed by atoms with Crippen LogP contribution in [-0.2, 0) is 46.9 Å². The molecule has 0 aromatic heterocycles. The van der Waals surface area contributed by atoms with Gasteiger partial charge in [-0.15, -0.1) is 12.5 Å². The smallest absolute Gasteiger partial charge is 1.00 e. The van der Waals surface area contributed by atoms with Crippen molar-refractivity contribution in [1.29, 1.82) is 0 Å². The third-order valence-corrected chi connectivity index (χ3v) is 10.8. The molecule has 0 heterocycles. The van der Waals surface area contributed by atoms with Gasteiger partial charge in [-0.2, -0.15) is 29.3 Å². The van der Waals surface area contributed by atoms with E-state index >= 15 is 0 Å². The van der Waals surface area contributed by atoms with E-state index in [2.05, 4.69) is 168 Å². The van der Waals surface area contributed by atoms with E-state index in [1.807, 2.05) is 0 Å². The monoisotopic (exact) mass is 752 g/mol. The number of benzene rings is 3. The van der Waals surface area contributed by atoms with Gasteiger partial charge in [0.25, 0.3) is 0 Å². The summed E-state index contributed by atoms with van der Waals surface area (Å²) in [6.45, 7) is 24.9. The maximum absolute atomic E-state index is 2.51. The second-order valence-corrected chi connectivity index (χ2v) is 17.8. The Bertz CT molecular complexity index is 1740. The van der Waals surface area contributed by atoms with Crippen molar-refractivity contribution in [1.82, 2.24) is 0 Å². The van der Waals surface area contributed by atoms with Gasteiger partial charge >= 0.3 is 76.7 Å². The molecule has 3 aliphatic rings. The molecule has 0 fully saturated rings. The number of fused-ring (bicyclic) bond motifs is 5. The van der Waals surface area contributed by atoms with Crippen molar-refractivity contribution >= 4 is 14.4 Å². The molecular formula is C45H52Cl2Zr-2. The van der Waals surface area contributed by atoms with Gasteiger partial charge in [-0.3, -0.25) is 0 Å². The van der Waals surface area contributed by atoms with Crippen molar-refractivity contribution in [2.45, 2.75) is 105 Å². The summed E-state index contributed by atoms with van der Waals surface area (Å²) in [6.07, 6.45) is 9.28. The predicted molar refractivity (Wildman–Crippen MR) is 199 cm³/mol. The minimum Gasteiger partial charge on any atom is -1.00 e. The standard InChI is InChI=1S/C27H29.C9H13.C9H10.2ClH.Zr/c1-16-7-9-26(3,4)24-12-18-11-19-13-25-21(17(2)8-10-27(25,5)6)15-23(19)22(18)14-20(16)24;1-9(2,3)8-6-4-5-7-8;1-3-9-6-4-8(2)5-7-9;;;/h7-9,12-15H,10-11H2,1-6H3;4-7H,1-3H3;4-7H,1-2H3;2*1H;/q2*-1;;;;+2/p-2. The number of allylic oxidation sites excluding steroid dienone is 4. The quantitative estimate of drug-likeness (QED) is 0.184. The first-order valence-electron chi connectivity index (χ1n) is 16.9. The first kappa shape index (κ1) is 40.1. The molecule has 252 valence electrons. The number of hydrogen-bond acceptors (Lipinski definition) is 0. The fourth-order valence-corrected chi connectivity index (χ4v) is 7.26. The topological polar surface area (TPSA) is 0 Å². The zero-order valence-corrected chi connectivity index (χ0v) is 34.8. The van der Waals surface area contributed by atoms with Crippen LogP contribution in [0, 0.1) is 13.3 Å². The van der Waals surface area contributed by atoms with Gasteiger partial charge in [-0.1, -0.05) is 89.1 Å². The fourth-order valence-electron chi connectivity index (χ4n) is 6.85. The molecular weight excluding hydrogens is 703 g/mol. The second-order valence-electron chi connectivity index (χ2n) is 15.9. The maximum atomic E-state index is 2.51. The van der Waals surface area contributed by atoms with Crippen molar-refractivity contribution in [3.63, 3.8) is 0 Å². The van der Waals surface area contributed by atoms with Crippen LogP contribution >= 0.6 is 0 Å². The zero-order chi connectivity index (χ0) is 33.6. The van der Waals surface area contributed by atoms with Crippen LogP contribution in [0.2, 0.25) is 0 Å². The average Bonchev–Trinajstić information content (AvgIpc) is 3.66. The van der Waals surface area contributed by atoms with Crippen LogP contribution < -0.4 is 24.8 Å². The predicted octanol–water partition coefficient (Wildman–Crippen LogP) is 6.03. The van der Waals surface area contributed by atoms with Crippen LogP contribution in [0.15, 0.2) is 84.9 Å². The van der Waals surface area contributed by atoms with Crippen LogP contribution in [0.25, 0.3) is 22.3 Å². The van der Waals surface area contributed by atoms with E-state index in [0.717, 1.165) is 12.8 Å². The summed E-state index contributed by atoms with van der Waals surface area (Å²) in [5.41, 5.74) is 19.4. The fraction of sp³-hybridized carbons (Fsp3) is 0.356. The Balaban J connectivity index is 0.000000246. The van der Waals surface area contributed by atoms with E-state index in [1.54, 1.807) is 0 Å². The third kappa shape index (κ3) is 8.52. The summed E-state index contributed by atoms with van der Waals surface area (Å²) in [5, 5.41) is 0. The molecule has 0 atom stereocenters. The van der Waals surface area contributed by atoms with Gasteiger partial charge in [0.15, 0.2) is 0 Å². The van der Waals surface area contributed by atoms with E-state index in [1.165, 1.54) is 99.8 Å². The first-order valence-corrected chi connectivity index (χ1v) is 18.1. The average molecular weight is 755 g/mol. The molecule has 0 bridgehead atoms. The normalized spacial score (nSPS) is 15.8. The summed E-state index contributed by atoms with van der Waals surface area (Å²) in [4.78, 5) is 0. The van der Waals surface area contributed by atoms with E-state index in [-0.39, 0.29) is 35.6 Å². The first-order chi connectivity index (χ1) is 21.5. The van der Waals surface area contributed by atoms with Crippen molar-refractivity contribution < 1.29 is 49.0 Å². The molecule has 0 N–H and O–H groups in total. The molecule has 4 aromatic rings. The molecule has 0 aliphatic heterocycles. The van der Waals surface area contributed by atoms with Gasteiger partial charge in [-0.25, -0.2) is 18.6 Å². The summed E-state index contributed by atoms with van der Waals surface area (Å²) in [6, 6.07) is 27.1. The minimum absolute atomic E-state index is 0. The molecule has 7 rings (SSSR count). The number of halogens is 2. The molecule has 0 saturated carbocycles. The zero-order valence-electron chi connectivity index (χ0n) is 30.8. The number of hydrogen-bond donors (Lipinski definition) is 0. The Morgan fingerprint density at radius 3 is 1.81 bits per heavy atom. The maximum Gasteiger partial charge on any atom is -1.00 e. The largest absolute Gasteiger partial charge is 1.00 e. The molecule has 0 saturated heterocycles. The van der Waals surface area contributed by atoms with Gasteiger partial charge in [0, 0.05) is 0 Å². The van der Waals surface area contributed by atoms with E-state index in [0.29, 0.717) is 5.41 Å². The molecule has 0 spiro atoms. The Kier molecular flexibility index (Phi) is 12.8. The van der Waals surface area contributed by atoms with E-state index < -0.39 is 0 Å². The summed E-state index contributed by atoms with van der Waals surface area (Å²) < 4.78 is 1.46. The molecule has 4 aromatic carbocycles. The van der Waals surface area contributed by atoms with Crippen LogP contribution in [0.5, 0.6) is 0 Å². The molecule has 0 amide bonds. The summed E-state index contributed by atoms with van der Waals surface area (Å²) in [7, 11) is 0. The summed E-state index contributed by atoms with van der Waals surface area (Å²) in [5.74, 6) is 0. The van der Waals surface area contributed by atoms with Crippen LogP contribution in [0.4, 0.5) is 0 Å². The Labute approximate surface area is 319 Å². The van der Waals surface area contributed by atoms with Crippen LogP contribution in [0.1, 0.15) is 126 Å². The van der Waals surface area contributed by atoms with Crippen molar-refractivity contribution in [2.75, 3.05) is 0 Å². The van der Waals surface area contributed by atoms with Gasteiger partial charge in [0.05, 0.1) is 0 Å². The molecule has 0 unspecified atom stereocenters. The van der Waals surface area contributed by atoms with Crippen molar-refractivity contribution in [3.05, 3.63) is 141 Å². The van der Waals surface area contributed by atoms with E-state index in [4.69, 9.17) is 0 Å². The number of aryl methyl sites for hydroxylation is 1. The Morgan fingerprint density at radius 1 is 0.750 bits per heavy atom. The molecule has 3 heteroatoms. The molecule has 3 aliphatic carbocycles. The Morgan fingerprint density at radius 2 is 1.31 bits per heavy atom. The number of rotatable bonds is 1. The van der Waals surface area contributed by atoms with Crippen LogP contribution in [-0.4, -0.2) is 3.21 Å².